The van der Waals surface area contributed by atoms with Gasteiger partial charge in [0.05, 0.1) is 0 Å². The normalized spacial score (nSPS) is 20.9. The van der Waals surface area contributed by atoms with Crippen molar-refractivity contribution in [2.75, 3.05) is 31.6 Å². The molecule has 1 atom stereocenters. The summed E-state index contributed by atoms with van der Waals surface area (Å²) in [6, 6.07) is 7.84. The standard InChI is InChI=1S/C20H30N4O2/c1-23(20(26)22-18-7-3-4-12-21-19(18)25)15-16-8-10-17(11-9-16)24-13-5-2-6-14-24/h8-11,18H,2-7,12-15H2,1H3,(H,21,25)(H,22,26). The van der Waals surface area contributed by atoms with Crippen molar-refractivity contribution in [1.29, 1.82) is 0 Å². The van der Waals surface area contributed by atoms with Crippen LogP contribution in [0, 0.1) is 0 Å². The van der Waals surface area contributed by atoms with Gasteiger partial charge in [0.15, 0.2) is 0 Å². The van der Waals surface area contributed by atoms with E-state index in [2.05, 4.69) is 39.8 Å². The van der Waals surface area contributed by atoms with Crippen molar-refractivity contribution in [2.45, 2.75) is 51.1 Å². The average Bonchev–Trinajstić information content (AvgIpc) is 2.87. The molecule has 0 spiro atoms. The quantitative estimate of drug-likeness (QED) is 0.869. The predicted molar refractivity (Wildman–Crippen MR) is 103 cm³/mol. The topological polar surface area (TPSA) is 64.7 Å². The van der Waals surface area contributed by atoms with Crippen LogP contribution in [0.15, 0.2) is 24.3 Å². The van der Waals surface area contributed by atoms with Crippen LogP contribution < -0.4 is 15.5 Å². The van der Waals surface area contributed by atoms with Crippen LogP contribution in [0.2, 0.25) is 0 Å². The Kier molecular flexibility index (Phi) is 6.36. The Morgan fingerprint density at radius 1 is 1.15 bits per heavy atom. The van der Waals surface area contributed by atoms with E-state index in [9.17, 15) is 9.59 Å². The van der Waals surface area contributed by atoms with Gasteiger partial charge in [-0.1, -0.05) is 12.1 Å². The van der Waals surface area contributed by atoms with E-state index in [1.165, 1.54) is 24.9 Å². The van der Waals surface area contributed by atoms with Gasteiger partial charge in [0.2, 0.25) is 5.91 Å². The first-order chi connectivity index (χ1) is 12.6. The van der Waals surface area contributed by atoms with Crippen LogP contribution in [0.5, 0.6) is 0 Å². The van der Waals surface area contributed by atoms with Crippen molar-refractivity contribution < 1.29 is 9.59 Å². The molecule has 6 heteroatoms. The highest BCUT2D eigenvalue weighted by molar-refractivity contribution is 5.87. The lowest BCUT2D eigenvalue weighted by atomic mass is 10.1. The molecular formula is C20H30N4O2. The van der Waals surface area contributed by atoms with E-state index in [1.807, 2.05) is 0 Å². The van der Waals surface area contributed by atoms with E-state index in [1.54, 1.807) is 11.9 Å². The third-order valence-electron chi connectivity index (χ3n) is 5.26. The maximum atomic E-state index is 12.4. The average molecular weight is 358 g/mol. The summed E-state index contributed by atoms with van der Waals surface area (Å²) in [5.41, 5.74) is 2.35. The maximum absolute atomic E-state index is 12.4. The highest BCUT2D eigenvalue weighted by atomic mass is 16.2. The minimum Gasteiger partial charge on any atom is -0.372 e. The monoisotopic (exact) mass is 358 g/mol. The zero-order valence-electron chi connectivity index (χ0n) is 15.7. The van der Waals surface area contributed by atoms with Gasteiger partial charge in [0.25, 0.3) is 0 Å². The fourth-order valence-electron chi connectivity index (χ4n) is 3.65. The van der Waals surface area contributed by atoms with Crippen molar-refractivity contribution in [3.63, 3.8) is 0 Å². The van der Waals surface area contributed by atoms with Gasteiger partial charge in [-0.05, 0) is 56.2 Å². The summed E-state index contributed by atoms with van der Waals surface area (Å²) in [6.45, 7) is 3.49. The molecule has 2 aliphatic rings. The first-order valence-corrected chi connectivity index (χ1v) is 9.77. The first-order valence-electron chi connectivity index (χ1n) is 9.77. The Hall–Kier alpha value is -2.24. The number of hydrogen-bond donors (Lipinski definition) is 2. The molecule has 2 fully saturated rings. The molecule has 1 unspecified atom stereocenters. The van der Waals surface area contributed by atoms with Gasteiger partial charge in [0.1, 0.15) is 6.04 Å². The Balaban J connectivity index is 1.52. The Morgan fingerprint density at radius 2 is 1.88 bits per heavy atom. The molecule has 0 saturated carbocycles. The molecule has 142 valence electrons. The highest BCUT2D eigenvalue weighted by Crippen LogP contribution is 2.20. The summed E-state index contributed by atoms with van der Waals surface area (Å²) in [7, 11) is 1.77. The van der Waals surface area contributed by atoms with Crippen LogP contribution in [0.3, 0.4) is 0 Å². The molecule has 3 rings (SSSR count). The third-order valence-corrected chi connectivity index (χ3v) is 5.26. The summed E-state index contributed by atoms with van der Waals surface area (Å²) in [4.78, 5) is 28.4. The van der Waals surface area contributed by atoms with E-state index in [4.69, 9.17) is 0 Å². The van der Waals surface area contributed by atoms with Gasteiger partial charge in [-0.25, -0.2) is 4.79 Å². The molecule has 0 aliphatic carbocycles. The zero-order chi connectivity index (χ0) is 18.4. The van der Waals surface area contributed by atoms with Crippen LogP contribution in [-0.2, 0) is 11.3 Å². The minimum atomic E-state index is -0.422. The third kappa shape index (κ3) is 4.90. The summed E-state index contributed by atoms with van der Waals surface area (Å²) in [5, 5.41) is 5.71. The molecule has 0 radical (unpaired) electrons. The molecule has 26 heavy (non-hydrogen) atoms. The molecule has 2 aliphatic heterocycles. The fourth-order valence-corrected chi connectivity index (χ4v) is 3.65. The molecular weight excluding hydrogens is 328 g/mol. The molecule has 2 saturated heterocycles. The number of hydrogen-bond acceptors (Lipinski definition) is 3. The summed E-state index contributed by atoms with van der Waals surface area (Å²) >= 11 is 0. The van der Waals surface area contributed by atoms with Crippen molar-refractivity contribution in [3.05, 3.63) is 29.8 Å². The lowest BCUT2D eigenvalue weighted by Crippen LogP contribution is -2.49. The van der Waals surface area contributed by atoms with Gasteiger partial charge in [-0.2, -0.15) is 0 Å². The number of rotatable bonds is 4. The lowest BCUT2D eigenvalue weighted by molar-refractivity contribution is -0.122. The lowest BCUT2D eigenvalue weighted by Gasteiger charge is -2.29. The van der Waals surface area contributed by atoms with Crippen LogP contribution in [0.25, 0.3) is 0 Å². The number of carbonyl (C=O) groups excluding carboxylic acids is 2. The molecule has 6 nitrogen and oxygen atoms in total. The highest BCUT2D eigenvalue weighted by Gasteiger charge is 2.23. The van der Waals surface area contributed by atoms with Crippen molar-refractivity contribution in [3.8, 4) is 0 Å². The van der Waals surface area contributed by atoms with Gasteiger partial charge in [0, 0.05) is 38.9 Å². The summed E-state index contributed by atoms with van der Waals surface area (Å²) < 4.78 is 0. The van der Waals surface area contributed by atoms with E-state index < -0.39 is 6.04 Å². The van der Waals surface area contributed by atoms with Gasteiger partial charge in [-0.15, -0.1) is 0 Å². The minimum absolute atomic E-state index is 0.0739. The second kappa shape index (κ2) is 8.92. The molecule has 0 aromatic heterocycles. The zero-order valence-corrected chi connectivity index (χ0v) is 15.7. The first kappa shape index (κ1) is 18.5. The van der Waals surface area contributed by atoms with Crippen molar-refractivity contribution >= 4 is 17.6 Å². The van der Waals surface area contributed by atoms with Crippen molar-refractivity contribution in [1.82, 2.24) is 15.5 Å². The SMILES string of the molecule is CN(Cc1ccc(N2CCCCC2)cc1)C(=O)NC1CCCCNC1=O. The number of benzene rings is 1. The largest absolute Gasteiger partial charge is 0.372 e. The van der Waals surface area contributed by atoms with E-state index in [0.29, 0.717) is 19.5 Å². The smallest absolute Gasteiger partial charge is 0.318 e. The number of anilines is 1. The van der Waals surface area contributed by atoms with Gasteiger partial charge in [-0.3, -0.25) is 4.79 Å². The van der Waals surface area contributed by atoms with E-state index >= 15 is 0 Å². The molecule has 1 aromatic rings. The Labute approximate surface area is 155 Å². The molecule has 0 bridgehead atoms. The van der Waals surface area contributed by atoms with Crippen LogP contribution in [0.1, 0.15) is 44.1 Å². The summed E-state index contributed by atoms with van der Waals surface area (Å²) in [6.07, 6.45) is 6.48. The van der Waals surface area contributed by atoms with Crippen LogP contribution >= 0.6 is 0 Å². The molecule has 3 amide bonds. The summed E-state index contributed by atoms with van der Waals surface area (Å²) in [5.74, 6) is -0.0739. The predicted octanol–water partition coefficient (Wildman–Crippen LogP) is 2.49. The number of amides is 3. The second-order valence-electron chi connectivity index (χ2n) is 7.36. The number of carbonyl (C=O) groups is 2. The van der Waals surface area contributed by atoms with Crippen molar-refractivity contribution in [2.24, 2.45) is 0 Å². The number of nitrogens with one attached hydrogen (secondary N) is 2. The maximum Gasteiger partial charge on any atom is 0.318 e. The number of piperidine rings is 1. The fraction of sp³-hybridized carbons (Fsp3) is 0.600. The number of urea groups is 1. The number of nitrogens with zero attached hydrogens (tertiary/aromatic N) is 2. The Morgan fingerprint density at radius 3 is 2.62 bits per heavy atom. The second-order valence-corrected chi connectivity index (χ2v) is 7.36. The van der Waals surface area contributed by atoms with Gasteiger partial charge < -0.3 is 20.4 Å². The molecule has 2 N–H and O–H groups in total. The van der Waals surface area contributed by atoms with Crippen LogP contribution in [0.4, 0.5) is 10.5 Å². The van der Waals surface area contributed by atoms with E-state index in [-0.39, 0.29) is 11.9 Å². The van der Waals surface area contributed by atoms with Gasteiger partial charge >= 0.3 is 6.03 Å². The Bertz CT molecular complexity index is 611. The molecule has 2 heterocycles. The van der Waals surface area contributed by atoms with Crippen LogP contribution in [-0.4, -0.2) is 49.6 Å². The molecule has 1 aromatic carbocycles. The van der Waals surface area contributed by atoms with E-state index in [0.717, 1.165) is 31.5 Å².